The number of hydrazine groups is 1. The summed E-state index contributed by atoms with van der Waals surface area (Å²) in [5.74, 6) is 5.76. The smallest absolute Gasteiger partial charge is 0.334 e. The van der Waals surface area contributed by atoms with Crippen LogP contribution in [0.15, 0.2) is 0 Å². The van der Waals surface area contributed by atoms with Crippen molar-refractivity contribution < 1.29 is 9.59 Å². The maximum atomic E-state index is 11.5. The number of nitrogens with two attached hydrogens (primary N) is 1. The zero-order chi connectivity index (χ0) is 12.1. The van der Waals surface area contributed by atoms with Gasteiger partial charge in [0.05, 0.1) is 0 Å². The van der Waals surface area contributed by atoms with Crippen molar-refractivity contribution in [2.75, 3.05) is 26.2 Å². The van der Waals surface area contributed by atoms with E-state index in [-0.39, 0.29) is 18.5 Å². The van der Waals surface area contributed by atoms with Gasteiger partial charge in [0.15, 0.2) is 0 Å². The number of nitrogens with zero attached hydrogens (tertiary/aromatic N) is 2. The summed E-state index contributed by atoms with van der Waals surface area (Å²) in [5, 5.41) is 3.92. The van der Waals surface area contributed by atoms with Crippen molar-refractivity contribution in [3.63, 3.8) is 0 Å². The molecule has 0 aliphatic carbocycles. The van der Waals surface area contributed by atoms with Crippen LogP contribution in [0, 0.1) is 5.92 Å². The van der Waals surface area contributed by atoms with Crippen LogP contribution < -0.4 is 11.2 Å². The third-order valence-electron chi connectivity index (χ3n) is 2.39. The summed E-state index contributed by atoms with van der Waals surface area (Å²) >= 11 is 0. The molecule has 0 saturated carbocycles. The van der Waals surface area contributed by atoms with Crippen LogP contribution in [-0.2, 0) is 4.79 Å². The summed E-state index contributed by atoms with van der Waals surface area (Å²) in [6.45, 7) is 5.93. The van der Waals surface area contributed by atoms with Gasteiger partial charge in [0, 0.05) is 19.6 Å². The summed E-state index contributed by atoms with van der Waals surface area (Å²) in [6.07, 6.45) is 0.805. The van der Waals surface area contributed by atoms with Gasteiger partial charge >= 0.3 is 6.03 Å². The molecule has 92 valence electrons. The van der Waals surface area contributed by atoms with Crippen molar-refractivity contribution in [1.29, 1.82) is 0 Å². The first-order chi connectivity index (χ1) is 7.50. The molecule has 0 aromatic heterocycles. The van der Waals surface area contributed by atoms with E-state index in [0.29, 0.717) is 25.6 Å². The monoisotopic (exact) mass is 228 g/mol. The molecule has 0 spiro atoms. The molecule has 1 saturated heterocycles. The van der Waals surface area contributed by atoms with E-state index in [9.17, 15) is 9.59 Å². The minimum absolute atomic E-state index is 0.0965. The first kappa shape index (κ1) is 12.8. The molecule has 0 aromatic carbocycles. The Hall–Kier alpha value is -1.30. The van der Waals surface area contributed by atoms with Crippen LogP contribution in [-0.4, -0.2) is 48.0 Å². The van der Waals surface area contributed by atoms with Gasteiger partial charge in [-0.3, -0.25) is 9.80 Å². The Bertz CT molecular complexity index is 268. The Morgan fingerprint density at radius 2 is 2.19 bits per heavy atom. The molecule has 0 aromatic rings. The molecule has 6 heteroatoms. The van der Waals surface area contributed by atoms with Crippen LogP contribution in [0.25, 0.3) is 0 Å². The van der Waals surface area contributed by atoms with Crippen LogP contribution in [0.3, 0.4) is 0 Å². The Balaban J connectivity index is 2.35. The van der Waals surface area contributed by atoms with E-state index in [4.69, 9.17) is 5.84 Å². The molecule has 1 aliphatic rings. The fourth-order valence-electron chi connectivity index (χ4n) is 1.50. The highest BCUT2D eigenvalue weighted by molar-refractivity contribution is 5.84. The van der Waals surface area contributed by atoms with Gasteiger partial charge in [0.2, 0.25) is 5.91 Å². The van der Waals surface area contributed by atoms with E-state index in [1.54, 1.807) is 0 Å². The molecule has 1 fully saturated rings. The second-order valence-electron chi connectivity index (χ2n) is 4.45. The molecule has 0 bridgehead atoms. The minimum atomic E-state index is -0.272. The van der Waals surface area contributed by atoms with Crippen LogP contribution in [0.2, 0.25) is 0 Å². The first-order valence-electron chi connectivity index (χ1n) is 5.58. The van der Waals surface area contributed by atoms with Gasteiger partial charge in [-0.15, -0.1) is 0 Å². The zero-order valence-corrected chi connectivity index (χ0v) is 9.90. The quantitative estimate of drug-likeness (QED) is 0.515. The van der Waals surface area contributed by atoms with E-state index in [0.717, 1.165) is 11.4 Å². The summed E-state index contributed by atoms with van der Waals surface area (Å²) in [7, 11) is 0. The summed E-state index contributed by atoms with van der Waals surface area (Å²) in [6, 6.07) is -0.272. The van der Waals surface area contributed by atoms with Crippen molar-refractivity contribution in [1.82, 2.24) is 15.2 Å². The molecule has 1 rings (SSSR count). The van der Waals surface area contributed by atoms with Crippen LogP contribution in [0.4, 0.5) is 4.79 Å². The number of hydrogen-bond donors (Lipinski definition) is 2. The molecular weight excluding hydrogens is 208 g/mol. The molecule has 0 unspecified atom stereocenters. The molecule has 3 amide bonds. The summed E-state index contributed by atoms with van der Waals surface area (Å²) in [4.78, 5) is 24.5. The normalized spacial score (nSPS) is 16.9. The summed E-state index contributed by atoms with van der Waals surface area (Å²) < 4.78 is 0. The van der Waals surface area contributed by atoms with Gasteiger partial charge in [-0.2, -0.15) is 0 Å². The van der Waals surface area contributed by atoms with Crippen molar-refractivity contribution in [3.8, 4) is 0 Å². The third-order valence-corrected chi connectivity index (χ3v) is 2.39. The molecular formula is C10H20N4O2. The lowest BCUT2D eigenvalue weighted by atomic mass is 10.2. The van der Waals surface area contributed by atoms with Crippen molar-refractivity contribution in [3.05, 3.63) is 0 Å². The topological polar surface area (TPSA) is 78.7 Å². The molecule has 1 aliphatic heterocycles. The van der Waals surface area contributed by atoms with Gasteiger partial charge < -0.3 is 10.2 Å². The molecule has 0 radical (unpaired) electrons. The number of carbonyl (C=O) groups excluding carboxylic acids is 2. The molecule has 1 heterocycles. The second kappa shape index (κ2) is 5.69. The van der Waals surface area contributed by atoms with E-state index < -0.39 is 0 Å². The van der Waals surface area contributed by atoms with Gasteiger partial charge in [0.1, 0.15) is 6.54 Å². The number of hydrogen-bond acceptors (Lipinski definition) is 3. The zero-order valence-electron chi connectivity index (χ0n) is 9.90. The standard InChI is InChI=1S/C10H20N4O2/c1-8(2)6-12-9(15)7-13-4-3-5-14(11)10(13)16/h8H,3-7,11H2,1-2H3,(H,12,15). The number of amides is 3. The van der Waals surface area contributed by atoms with E-state index >= 15 is 0 Å². The van der Waals surface area contributed by atoms with Gasteiger partial charge in [-0.05, 0) is 12.3 Å². The average Bonchev–Trinajstić information content (AvgIpc) is 2.22. The molecule has 0 atom stereocenters. The highest BCUT2D eigenvalue weighted by Crippen LogP contribution is 2.04. The largest absolute Gasteiger partial charge is 0.354 e. The maximum Gasteiger partial charge on any atom is 0.334 e. The maximum absolute atomic E-state index is 11.5. The number of nitrogens with one attached hydrogen (secondary N) is 1. The first-order valence-corrected chi connectivity index (χ1v) is 5.58. The fourth-order valence-corrected chi connectivity index (χ4v) is 1.50. The van der Waals surface area contributed by atoms with E-state index in [1.807, 2.05) is 13.8 Å². The van der Waals surface area contributed by atoms with Crippen molar-refractivity contribution in [2.45, 2.75) is 20.3 Å². The summed E-state index contributed by atoms with van der Waals surface area (Å²) in [5.41, 5.74) is 0. The van der Waals surface area contributed by atoms with Crippen LogP contribution in [0.1, 0.15) is 20.3 Å². The molecule has 16 heavy (non-hydrogen) atoms. The van der Waals surface area contributed by atoms with Crippen LogP contribution in [0.5, 0.6) is 0 Å². The average molecular weight is 228 g/mol. The predicted molar refractivity (Wildman–Crippen MR) is 60.3 cm³/mol. The predicted octanol–water partition coefficient (Wildman–Crippen LogP) is -0.240. The van der Waals surface area contributed by atoms with E-state index in [1.165, 1.54) is 4.90 Å². The Labute approximate surface area is 95.7 Å². The number of carbonyl (C=O) groups is 2. The fraction of sp³-hybridized carbons (Fsp3) is 0.800. The van der Waals surface area contributed by atoms with Gasteiger partial charge in [-0.25, -0.2) is 10.6 Å². The molecule has 3 N–H and O–H groups in total. The third kappa shape index (κ3) is 3.69. The lowest BCUT2D eigenvalue weighted by molar-refractivity contribution is -0.122. The Morgan fingerprint density at radius 1 is 1.50 bits per heavy atom. The number of rotatable bonds is 4. The van der Waals surface area contributed by atoms with Crippen molar-refractivity contribution in [2.24, 2.45) is 11.8 Å². The van der Waals surface area contributed by atoms with Crippen molar-refractivity contribution >= 4 is 11.9 Å². The second-order valence-corrected chi connectivity index (χ2v) is 4.45. The lowest BCUT2D eigenvalue weighted by Crippen LogP contribution is -2.54. The Kier molecular flexibility index (Phi) is 4.54. The van der Waals surface area contributed by atoms with Gasteiger partial charge in [0.25, 0.3) is 0 Å². The lowest BCUT2D eigenvalue weighted by Gasteiger charge is -2.32. The van der Waals surface area contributed by atoms with Crippen LogP contribution >= 0.6 is 0 Å². The number of urea groups is 1. The highest BCUT2D eigenvalue weighted by Gasteiger charge is 2.24. The highest BCUT2D eigenvalue weighted by atomic mass is 16.2. The van der Waals surface area contributed by atoms with E-state index in [2.05, 4.69) is 5.32 Å². The minimum Gasteiger partial charge on any atom is -0.354 e. The molecule has 6 nitrogen and oxygen atoms in total. The SMILES string of the molecule is CC(C)CNC(=O)CN1CCCN(N)C1=O. The Morgan fingerprint density at radius 3 is 2.81 bits per heavy atom. The van der Waals surface area contributed by atoms with Gasteiger partial charge in [-0.1, -0.05) is 13.8 Å².